The summed E-state index contributed by atoms with van der Waals surface area (Å²) in [7, 11) is 0. The van der Waals surface area contributed by atoms with Crippen LogP contribution in [0.3, 0.4) is 0 Å². The van der Waals surface area contributed by atoms with Crippen molar-refractivity contribution in [3.8, 4) is 5.75 Å². The van der Waals surface area contributed by atoms with Gasteiger partial charge in [-0.15, -0.1) is 0 Å². The Labute approximate surface area is 139 Å². The van der Waals surface area contributed by atoms with Gasteiger partial charge in [0.15, 0.2) is 0 Å². The molecule has 3 nitrogen and oxygen atoms in total. The van der Waals surface area contributed by atoms with Crippen molar-refractivity contribution in [3.05, 3.63) is 59.7 Å². The van der Waals surface area contributed by atoms with Crippen LogP contribution in [0.25, 0.3) is 0 Å². The molecule has 0 bridgehead atoms. The van der Waals surface area contributed by atoms with Crippen molar-refractivity contribution in [3.63, 3.8) is 0 Å². The van der Waals surface area contributed by atoms with Crippen molar-refractivity contribution < 1.29 is 4.74 Å². The number of para-hydroxylation sites is 1. The van der Waals surface area contributed by atoms with Gasteiger partial charge in [0.05, 0.1) is 0 Å². The van der Waals surface area contributed by atoms with Gasteiger partial charge in [0.2, 0.25) is 0 Å². The fourth-order valence-electron chi connectivity index (χ4n) is 3.03. The van der Waals surface area contributed by atoms with Crippen LogP contribution in [0.5, 0.6) is 5.75 Å². The maximum Gasteiger partial charge on any atom is 0.122 e. The van der Waals surface area contributed by atoms with Gasteiger partial charge in [-0.2, -0.15) is 0 Å². The molecule has 2 aromatic rings. The number of benzene rings is 2. The van der Waals surface area contributed by atoms with Crippen molar-refractivity contribution in [2.45, 2.75) is 13.8 Å². The van der Waals surface area contributed by atoms with E-state index >= 15 is 0 Å². The summed E-state index contributed by atoms with van der Waals surface area (Å²) in [5.74, 6) is 1.02. The molecule has 0 amide bonds. The second-order valence-electron chi connectivity index (χ2n) is 6.21. The van der Waals surface area contributed by atoms with E-state index in [1.54, 1.807) is 0 Å². The van der Waals surface area contributed by atoms with E-state index in [0.29, 0.717) is 0 Å². The molecule has 0 aromatic heterocycles. The second-order valence-corrected chi connectivity index (χ2v) is 6.21. The number of anilines is 1. The Kier molecular flexibility index (Phi) is 5.19. The molecule has 0 unspecified atom stereocenters. The standard InChI is InChI=1S/C20H26N2O/c1-17-7-6-10-20(18(17)2)23-16-15-21-11-13-22(14-12-21)19-8-4-3-5-9-19/h3-10H,11-16H2,1-2H3. The molecule has 122 valence electrons. The number of aryl methyl sites for hydroxylation is 1. The van der Waals surface area contributed by atoms with Gasteiger partial charge in [-0.3, -0.25) is 4.90 Å². The molecule has 0 saturated carbocycles. The van der Waals surface area contributed by atoms with Gasteiger partial charge in [-0.25, -0.2) is 0 Å². The minimum Gasteiger partial charge on any atom is -0.492 e. The van der Waals surface area contributed by atoms with Gasteiger partial charge in [0, 0.05) is 38.4 Å². The summed E-state index contributed by atoms with van der Waals surface area (Å²) in [6.07, 6.45) is 0. The predicted molar refractivity (Wildman–Crippen MR) is 96.5 cm³/mol. The first-order chi connectivity index (χ1) is 11.2. The first-order valence-corrected chi connectivity index (χ1v) is 8.45. The summed E-state index contributed by atoms with van der Waals surface area (Å²) in [5, 5.41) is 0. The Morgan fingerprint density at radius 3 is 2.35 bits per heavy atom. The van der Waals surface area contributed by atoms with E-state index in [0.717, 1.165) is 45.1 Å². The lowest BCUT2D eigenvalue weighted by Gasteiger charge is -2.36. The van der Waals surface area contributed by atoms with Gasteiger partial charge in [0.25, 0.3) is 0 Å². The van der Waals surface area contributed by atoms with E-state index in [-0.39, 0.29) is 0 Å². The van der Waals surface area contributed by atoms with Gasteiger partial charge < -0.3 is 9.64 Å². The lowest BCUT2D eigenvalue weighted by atomic mass is 10.1. The lowest BCUT2D eigenvalue weighted by molar-refractivity contribution is 0.200. The summed E-state index contributed by atoms with van der Waals surface area (Å²) >= 11 is 0. The van der Waals surface area contributed by atoms with Gasteiger partial charge in [0.1, 0.15) is 12.4 Å². The SMILES string of the molecule is Cc1cccc(OCCN2CCN(c3ccccc3)CC2)c1C. The number of hydrogen-bond donors (Lipinski definition) is 0. The number of piperazine rings is 1. The van der Waals surface area contributed by atoms with E-state index in [4.69, 9.17) is 4.74 Å². The lowest BCUT2D eigenvalue weighted by Crippen LogP contribution is -2.47. The Balaban J connectivity index is 1.44. The van der Waals surface area contributed by atoms with Crippen LogP contribution in [0.2, 0.25) is 0 Å². The Hall–Kier alpha value is -2.00. The van der Waals surface area contributed by atoms with Crippen molar-refractivity contribution in [1.82, 2.24) is 4.90 Å². The van der Waals surface area contributed by atoms with E-state index in [2.05, 4.69) is 72.2 Å². The number of nitrogens with zero attached hydrogens (tertiary/aromatic N) is 2. The Morgan fingerprint density at radius 2 is 1.61 bits per heavy atom. The summed E-state index contributed by atoms with van der Waals surface area (Å²) in [4.78, 5) is 4.95. The molecule has 1 aliphatic rings. The third-order valence-corrected chi connectivity index (χ3v) is 4.71. The fraction of sp³-hybridized carbons (Fsp3) is 0.400. The van der Waals surface area contributed by atoms with E-state index in [9.17, 15) is 0 Å². The van der Waals surface area contributed by atoms with Crippen LogP contribution in [0.1, 0.15) is 11.1 Å². The smallest absolute Gasteiger partial charge is 0.122 e. The van der Waals surface area contributed by atoms with Crippen molar-refractivity contribution >= 4 is 5.69 Å². The normalized spacial score (nSPS) is 15.7. The van der Waals surface area contributed by atoms with Gasteiger partial charge in [-0.1, -0.05) is 30.3 Å². The quantitative estimate of drug-likeness (QED) is 0.840. The van der Waals surface area contributed by atoms with E-state index in [1.807, 2.05) is 0 Å². The minimum atomic E-state index is 0.760. The largest absolute Gasteiger partial charge is 0.492 e. The molecule has 0 N–H and O–H groups in total. The second kappa shape index (κ2) is 7.51. The molecular formula is C20H26N2O. The van der Waals surface area contributed by atoms with Crippen LogP contribution >= 0.6 is 0 Å². The van der Waals surface area contributed by atoms with Crippen LogP contribution in [0.15, 0.2) is 48.5 Å². The molecule has 0 radical (unpaired) electrons. The first kappa shape index (κ1) is 15.9. The van der Waals surface area contributed by atoms with Gasteiger partial charge in [-0.05, 0) is 43.2 Å². The fourth-order valence-corrected chi connectivity index (χ4v) is 3.03. The molecule has 3 heteroatoms. The molecule has 0 spiro atoms. The molecule has 0 aliphatic carbocycles. The number of ether oxygens (including phenoxy) is 1. The van der Waals surface area contributed by atoms with Crippen molar-refractivity contribution in [1.29, 1.82) is 0 Å². The van der Waals surface area contributed by atoms with Gasteiger partial charge >= 0.3 is 0 Å². The zero-order valence-electron chi connectivity index (χ0n) is 14.2. The maximum atomic E-state index is 5.98. The average Bonchev–Trinajstić information content (AvgIpc) is 2.60. The third-order valence-electron chi connectivity index (χ3n) is 4.71. The van der Waals surface area contributed by atoms with Crippen LogP contribution in [-0.2, 0) is 0 Å². The molecule has 3 rings (SSSR count). The average molecular weight is 310 g/mol. The zero-order valence-corrected chi connectivity index (χ0v) is 14.2. The predicted octanol–water partition coefficient (Wildman–Crippen LogP) is 3.50. The minimum absolute atomic E-state index is 0.760. The van der Waals surface area contributed by atoms with Crippen LogP contribution in [0.4, 0.5) is 5.69 Å². The third kappa shape index (κ3) is 4.05. The zero-order chi connectivity index (χ0) is 16.1. The first-order valence-electron chi connectivity index (χ1n) is 8.45. The van der Waals surface area contributed by atoms with E-state index in [1.165, 1.54) is 16.8 Å². The molecular weight excluding hydrogens is 284 g/mol. The highest BCUT2D eigenvalue weighted by molar-refractivity contribution is 5.46. The molecule has 2 aromatic carbocycles. The molecule has 1 aliphatic heterocycles. The van der Waals surface area contributed by atoms with Crippen LogP contribution in [-0.4, -0.2) is 44.2 Å². The Bertz CT molecular complexity index is 619. The summed E-state index contributed by atoms with van der Waals surface area (Å²) in [5.41, 5.74) is 3.87. The number of hydrogen-bond acceptors (Lipinski definition) is 3. The topological polar surface area (TPSA) is 15.7 Å². The van der Waals surface area contributed by atoms with Crippen LogP contribution < -0.4 is 9.64 Å². The highest BCUT2D eigenvalue weighted by atomic mass is 16.5. The summed E-state index contributed by atoms with van der Waals surface area (Å²) in [6.45, 7) is 10.4. The monoisotopic (exact) mass is 310 g/mol. The molecule has 23 heavy (non-hydrogen) atoms. The molecule has 0 atom stereocenters. The van der Waals surface area contributed by atoms with Crippen molar-refractivity contribution in [2.24, 2.45) is 0 Å². The van der Waals surface area contributed by atoms with Crippen LogP contribution in [0, 0.1) is 13.8 Å². The van der Waals surface area contributed by atoms with E-state index < -0.39 is 0 Å². The summed E-state index contributed by atoms with van der Waals surface area (Å²) < 4.78 is 5.98. The number of rotatable bonds is 5. The highest BCUT2D eigenvalue weighted by Gasteiger charge is 2.16. The maximum absolute atomic E-state index is 5.98. The summed E-state index contributed by atoms with van der Waals surface area (Å²) in [6, 6.07) is 16.9. The molecule has 1 saturated heterocycles. The molecule has 1 heterocycles. The van der Waals surface area contributed by atoms with Crippen molar-refractivity contribution in [2.75, 3.05) is 44.2 Å². The highest BCUT2D eigenvalue weighted by Crippen LogP contribution is 2.20. The Morgan fingerprint density at radius 1 is 0.870 bits per heavy atom. The molecule has 1 fully saturated rings.